The second-order valence-electron chi connectivity index (χ2n) is 5.34. The molecule has 2 aromatic carbocycles. The second-order valence-corrected chi connectivity index (χ2v) is 5.34. The summed E-state index contributed by atoms with van der Waals surface area (Å²) in [6.45, 7) is 3.30. The molecule has 0 aliphatic rings. The number of nitro groups is 1. The number of rotatable bonds is 6. The maximum absolute atomic E-state index is 13.6. The number of halogens is 1. The smallest absolute Gasteiger partial charge is 0.311 e. The third kappa shape index (κ3) is 3.91. The van der Waals surface area contributed by atoms with Gasteiger partial charge < -0.3 is 4.74 Å². The quantitative estimate of drug-likeness (QED) is 0.456. The molecule has 0 heterocycles. The van der Waals surface area contributed by atoms with Crippen LogP contribution in [0.4, 0.5) is 10.1 Å². The molecule has 0 radical (unpaired) electrons. The number of carbonyl (C=O) groups excluding carboxylic acids is 1. The van der Waals surface area contributed by atoms with Crippen LogP contribution in [-0.4, -0.2) is 10.7 Å². The number of hydrogen-bond acceptors (Lipinski definition) is 4. The molecular formula is C17H16FNO4. The maximum atomic E-state index is 13.6. The van der Waals surface area contributed by atoms with Crippen LogP contribution in [0.2, 0.25) is 0 Å². The molecule has 0 saturated carbocycles. The van der Waals surface area contributed by atoms with Gasteiger partial charge in [0.15, 0.2) is 11.5 Å². The van der Waals surface area contributed by atoms with E-state index in [1.807, 2.05) is 0 Å². The molecule has 2 rings (SSSR count). The van der Waals surface area contributed by atoms with E-state index in [0.717, 1.165) is 0 Å². The zero-order valence-electron chi connectivity index (χ0n) is 12.8. The maximum Gasteiger partial charge on any atom is 0.311 e. The number of carbonyl (C=O) groups is 1. The third-order valence-electron chi connectivity index (χ3n) is 3.31. The van der Waals surface area contributed by atoms with Crippen molar-refractivity contribution in [3.8, 4) is 5.75 Å². The van der Waals surface area contributed by atoms with Crippen LogP contribution in [0.15, 0.2) is 42.5 Å². The van der Waals surface area contributed by atoms with Crippen LogP contribution in [0.3, 0.4) is 0 Å². The summed E-state index contributed by atoms with van der Waals surface area (Å²) < 4.78 is 18.9. The number of hydrogen-bond donors (Lipinski definition) is 0. The normalized spacial score (nSPS) is 10.6. The van der Waals surface area contributed by atoms with E-state index in [0.29, 0.717) is 5.56 Å². The predicted molar refractivity (Wildman–Crippen MR) is 83.0 cm³/mol. The van der Waals surface area contributed by atoms with Crippen molar-refractivity contribution in [1.82, 2.24) is 0 Å². The monoisotopic (exact) mass is 317 g/mol. The van der Waals surface area contributed by atoms with E-state index in [4.69, 9.17) is 4.74 Å². The first kappa shape index (κ1) is 16.6. The lowest BCUT2D eigenvalue weighted by Gasteiger charge is -2.09. The predicted octanol–water partition coefficient (Wildman–Crippen LogP) is 4.15. The molecule has 0 spiro atoms. The van der Waals surface area contributed by atoms with Crippen LogP contribution in [0.1, 0.15) is 29.8 Å². The fraction of sp³-hybridized carbons (Fsp3) is 0.235. The summed E-state index contributed by atoms with van der Waals surface area (Å²) in [6.07, 6.45) is 0. The van der Waals surface area contributed by atoms with E-state index in [1.54, 1.807) is 26.0 Å². The highest BCUT2D eigenvalue weighted by Gasteiger charge is 2.20. The van der Waals surface area contributed by atoms with E-state index >= 15 is 0 Å². The average Bonchev–Trinajstić information content (AvgIpc) is 2.53. The van der Waals surface area contributed by atoms with Crippen LogP contribution >= 0.6 is 0 Å². The number of nitrogens with zero attached hydrogens (tertiary/aromatic N) is 1. The van der Waals surface area contributed by atoms with Gasteiger partial charge in [0.25, 0.3) is 0 Å². The van der Waals surface area contributed by atoms with Gasteiger partial charge in [-0.1, -0.05) is 32.0 Å². The SMILES string of the molecule is CC(C)C(=O)c1ccc(OCc2ccccc2F)c([N+](=O)[O-])c1. The van der Waals surface area contributed by atoms with Crippen molar-refractivity contribution < 1.29 is 18.8 Å². The van der Waals surface area contributed by atoms with Gasteiger partial charge in [0.2, 0.25) is 0 Å². The molecule has 0 fully saturated rings. The lowest BCUT2D eigenvalue weighted by Crippen LogP contribution is -2.08. The third-order valence-corrected chi connectivity index (χ3v) is 3.31. The lowest BCUT2D eigenvalue weighted by molar-refractivity contribution is -0.386. The second kappa shape index (κ2) is 7.00. The van der Waals surface area contributed by atoms with Gasteiger partial charge in [0.05, 0.1) is 4.92 Å². The first-order chi connectivity index (χ1) is 10.9. The number of Topliss-reactive ketones (excluding diaryl/α,β-unsaturated/α-hetero) is 1. The van der Waals surface area contributed by atoms with Crippen LogP contribution in [0.5, 0.6) is 5.75 Å². The highest BCUT2D eigenvalue weighted by atomic mass is 19.1. The van der Waals surface area contributed by atoms with Gasteiger partial charge >= 0.3 is 5.69 Å². The Morgan fingerprint density at radius 3 is 2.57 bits per heavy atom. The molecule has 0 unspecified atom stereocenters. The Morgan fingerprint density at radius 1 is 1.26 bits per heavy atom. The Morgan fingerprint density at radius 2 is 1.96 bits per heavy atom. The van der Waals surface area contributed by atoms with E-state index in [2.05, 4.69) is 0 Å². The summed E-state index contributed by atoms with van der Waals surface area (Å²) in [5, 5.41) is 11.2. The van der Waals surface area contributed by atoms with Gasteiger partial charge in [-0.25, -0.2) is 4.39 Å². The van der Waals surface area contributed by atoms with E-state index in [-0.39, 0.29) is 35.3 Å². The molecule has 0 N–H and O–H groups in total. The molecule has 0 amide bonds. The molecule has 6 heteroatoms. The summed E-state index contributed by atoms with van der Waals surface area (Å²) in [6, 6.07) is 10.1. The van der Waals surface area contributed by atoms with Gasteiger partial charge in [0.1, 0.15) is 12.4 Å². The van der Waals surface area contributed by atoms with Crippen molar-refractivity contribution in [2.75, 3.05) is 0 Å². The van der Waals surface area contributed by atoms with Crippen molar-refractivity contribution in [2.45, 2.75) is 20.5 Å². The molecule has 120 valence electrons. The van der Waals surface area contributed by atoms with Crippen molar-refractivity contribution >= 4 is 11.5 Å². The summed E-state index contributed by atoms with van der Waals surface area (Å²) in [4.78, 5) is 22.5. The zero-order chi connectivity index (χ0) is 17.0. The molecule has 0 saturated heterocycles. The average molecular weight is 317 g/mol. The Balaban J connectivity index is 2.26. The molecule has 0 aliphatic carbocycles. The minimum Gasteiger partial charge on any atom is -0.482 e. The molecule has 23 heavy (non-hydrogen) atoms. The van der Waals surface area contributed by atoms with Crippen molar-refractivity contribution in [2.24, 2.45) is 5.92 Å². The van der Waals surface area contributed by atoms with Crippen LogP contribution in [0, 0.1) is 21.8 Å². The molecule has 0 aliphatic heterocycles. The Labute approximate surface area is 132 Å². The Kier molecular flexibility index (Phi) is 5.05. The largest absolute Gasteiger partial charge is 0.482 e. The van der Waals surface area contributed by atoms with Crippen LogP contribution in [0.25, 0.3) is 0 Å². The first-order valence-corrected chi connectivity index (χ1v) is 7.09. The summed E-state index contributed by atoms with van der Waals surface area (Å²) in [5.74, 6) is -0.895. The molecular weight excluding hydrogens is 301 g/mol. The Bertz CT molecular complexity index is 743. The molecule has 2 aromatic rings. The van der Waals surface area contributed by atoms with E-state index < -0.39 is 10.7 Å². The molecule has 5 nitrogen and oxygen atoms in total. The van der Waals surface area contributed by atoms with Crippen LogP contribution in [-0.2, 0) is 6.61 Å². The van der Waals surface area contributed by atoms with Gasteiger partial charge in [-0.05, 0) is 18.2 Å². The summed E-state index contributed by atoms with van der Waals surface area (Å²) in [5.41, 5.74) is 0.238. The fourth-order valence-corrected chi connectivity index (χ4v) is 2.04. The highest BCUT2D eigenvalue weighted by Crippen LogP contribution is 2.29. The molecule has 0 atom stereocenters. The lowest BCUT2D eigenvalue weighted by atomic mass is 10.0. The summed E-state index contributed by atoms with van der Waals surface area (Å²) >= 11 is 0. The van der Waals surface area contributed by atoms with Gasteiger partial charge in [-0.3, -0.25) is 14.9 Å². The van der Waals surface area contributed by atoms with Crippen molar-refractivity contribution in [1.29, 1.82) is 0 Å². The highest BCUT2D eigenvalue weighted by molar-refractivity contribution is 5.98. The fourth-order valence-electron chi connectivity index (χ4n) is 2.04. The minimum atomic E-state index is -0.617. The topological polar surface area (TPSA) is 69.4 Å². The van der Waals surface area contributed by atoms with E-state index in [1.165, 1.54) is 30.3 Å². The number of ether oxygens (including phenoxy) is 1. The standard InChI is InChI=1S/C17H16FNO4/c1-11(2)17(20)12-7-8-16(15(9-12)19(21)22)23-10-13-5-3-4-6-14(13)18/h3-9,11H,10H2,1-2H3. The number of nitro benzene ring substituents is 1. The first-order valence-electron chi connectivity index (χ1n) is 7.09. The van der Waals surface area contributed by atoms with Gasteiger partial charge in [-0.2, -0.15) is 0 Å². The van der Waals surface area contributed by atoms with Crippen molar-refractivity contribution in [3.63, 3.8) is 0 Å². The number of ketones is 1. The number of benzene rings is 2. The van der Waals surface area contributed by atoms with Crippen LogP contribution < -0.4 is 4.74 Å². The molecule has 0 aromatic heterocycles. The van der Waals surface area contributed by atoms with Gasteiger partial charge in [0, 0.05) is 23.1 Å². The Hall–Kier alpha value is -2.76. The molecule has 0 bridgehead atoms. The summed E-state index contributed by atoms with van der Waals surface area (Å²) in [7, 11) is 0. The van der Waals surface area contributed by atoms with Crippen molar-refractivity contribution in [3.05, 3.63) is 69.5 Å². The zero-order valence-corrected chi connectivity index (χ0v) is 12.8. The minimum absolute atomic E-state index is 0.00133. The van der Waals surface area contributed by atoms with E-state index in [9.17, 15) is 19.3 Å². The van der Waals surface area contributed by atoms with Gasteiger partial charge in [-0.15, -0.1) is 0 Å².